The first kappa shape index (κ1) is 21.8. The fraction of sp³-hybridized carbons (Fsp3) is 0.889. The average Bonchev–Trinajstić information content (AvgIpc) is 2.99. The van der Waals surface area contributed by atoms with Crippen LogP contribution in [0.4, 0.5) is 13.2 Å². The van der Waals surface area contributed by atoms with Gasteiger partial charge in [0.15, 0.2) is 5.96 Å². The molecule has 27 heavy (non-hydrogen) atoms. The Labute approximate surface area is 159 Å². The van der Waals surface area contributed by atoms with Crippen molar-refractivity contribution < 1.29 is 22.7 Å². The first-order valence-electron chi connectivity index (χ1n) is 9.56. The number of halogens is 3. The van der Waals surface area contributed by atoms with Gasteiger partial charge in [-0.3, -0.25) is 14.7 Å². The third-order valence-corrected chi connectivity index (χ3v) is 5.57. The zero-order valence-corrected chi connectivity index (χ0v) is 16.4. The number of likely N-dealkylation sites (tertiary alicyclic amines) is 2. The lowest BCUT2D eigenvalue weighted by molar-refractivity contribution is -0.148. The van der Waals surface area contributed by atoms with Gasteiger partial charge in [0.05, 0.1) is 19.6 Å². The Hall–Kier alpha value is -1.51. The third-order valence-electron chi connectivity index (χ3n) is 5.57. The zero-order valence-electron chi connectivity index (χ0n) is 16.4. The van der Waals surface area contributed by atoms with E-state index in [1.165, 1.54) is 12.0 Å². The van der Waals surface area contributed by atoms with Gasteiger partial charge in [0.2, 0.25) is 0 Å². The molecule has 0 spiro atoms. The Morgan fingerprint density at radius 2 is 1.93 bits per heavy atom. The number of nitrogens with one attached hydrogen (secondary N) is 1. The molecule has 0 amide bonds. The Kier molecular flexibility index (Phi) is 7.76. The van der Waals surface area contributed by atoms with Crippen molar-refractivity contribution in [1.29, 1.82) is 0 Å². The highest BCUT2D eigenvalue weighted by atomic mass is 19.4. The third kappa shape index (κ3) is 6.55. The number of esters is 1. The topological polar surface area (TPSA) is 57.2 Å². The van der Waals surface area contributed by atoms with Crippen LogP contribution in [0.3, 0.4) is 0 Å². The van der Waals surface area contributed by atoms with Crippen molar-refractivity contribution in [3.63, 3.8) is 0 Å². The van der Waals surface area contributed by atoms with E-state index in [4.69, 9.17) is 4.74 Å². The Morgan fingerprint density at radius 3 is 2.48 bits per heavy atom. The first-order chi connectivity index (χ1) is 12.7. The van der Waals surface area contributed by atoms with E-state index in [-0.39, 0.29) is 17.8 Å². The highest BCUT2D eigenvalue weighted by Crippen LogP contribution is 2.25. The molecule has 9 heteroatoms. The van der Waals surface area contributed by atoms with Crippen molar-refractivity contribution in [3.8, 4) is 0 Å². The van der Waals surface area contributed by atoms with Gasteiger partial charge >= 0.3 is 12.1 Å². The zero-order chi connectivity index (χ0) is 20.0. The van der Waals surface area contributed by atoms with Crippen LogP contribution in [-0.2, 0) is 9.53 Å². The summed E-state index contributed by atoms with van der Waals surface area (Å²) in [5, 5.41) is 3.34. The molecule has 156 valence electrons. The highest BCUT2D eigenvalue weighted by molar-refractivity contribution is 5.82. The van der Waals surface area contributed by atoms with Gasteiger partial charge in [-0.2, -0.15) is 13.2 Å². The maximum atomic E-state index is 12.4. The van der Waals surface area contributed by atoms with E-state index in [1.54, 1.807) is 7.05 Å². The van der Waals surface area contributed by atoms with Crippen molar-refractivity contribution >= 4 is 11.9 Å². The first-order valence-corrected chi connectivity index (χ1v) is 9.56. The van der Waals surface area contributed by atoms with E-state index in [0.29, 0.717) is 25.6 Å². The van der Waals surface area contributed by atoms with Crippen LogP contribution in [0, 0.1) is 17.8 Å². The molecule has 2 atom stereocenters. The number of rotatable bonds is 5. The van der Waals surface area contributed by atoms with E-state index in [9.17, 15) is 18.0 Å². The summed E-state index contributed by atoms with van der Waals surface area (Å²) in [6.07, 6.45) is -1.62. The number of piperidine rings is 1. The van der Waals surface area contributed by atoms with Crippen LogP contribution < -0.4 is 5.32 Å². The van der Waals surface area contributed by atoms with Crippen LogP contribution in [0.2, 0.25) is 0 Å². The summed E-state index contributed by atoms with van der Waals surface area (Å²) in [6, 6.07) is 0. The van der Waals surface area contributed by atoms with Gasteiger partial charge in [-0.25, -0.2) is 0 Å². The summed E-state index contributed by atoms with van der Waals surface area (Å²) < 4.78 is 42.2. The number of guanidine groups is 1. The normalized spacial score (nSPS) is 25.7. The molecule has 2 aliphatic rings. The van der Waals surface area contributed by atoms with Gasteiger partial charge < -0.3 is 15.0 Å². The Morgan fingerprint density at radius 1 is 1.26 bits per heavy atom. The number of hydrogen-bond donors (Lipinski definition) is 1. The molecule has 2 aliphatic heterocycles. The molecule has 2 rings (SSSR count). The number of methoxy groups -OCH3 is 1. The predicted molar refractivity (Wildman–Crippen MR) is 97.4 cm³/mol. The van der Waals surface area contributed by atoms with Crippen molar-refractivity contribution in [3.05, 3.63) is 0 Å². The van der Waals surface area contributed by atoms with E-state index >= 15 is 0 Å². The van der Waals surface area contributed by atoms with Crippen molar-refractivity contribution in [1.82, 2.24) is 15.1 Å². The van der Waals surface area contributed by atoms with Crippen LogP contribution in [0.25, 0.3) is 0 Å². The minimum Gasteiger partial charge on any atom is -0.469 e. The summed E-state index contributed by atoms with van der Waals surface area (Å²) in [4.78, 5) is 19.7. The Balaban J connectivity index is 1.71. The molecule has 6 nitrogen and oxygen atoms in total. The van der Waals surface area contributed by atoms with Crippen molar-refractivity contribution in [2.24, 2.45) is 22.7 Å². The number of hydrogen-bond acceptors (Lipinski definition) is 4. The van der Waals surface area contributed by atoms with Crippen LogP contribution in [-0.4, -0.2) is 81.3 Å². The fourth-order valence-electron chi connectivity index (χ4n) is 4.01. The van der Waals surface area contributed by atoms with E-state index in [0.717, 1.165) is 38.3 Å². The number of ether oxygens (including phenoxy) is 1. The van der Waals surface area contributed by atoms with Gasteiger partial charge in [0.25, 0.3) is 0 Å². The summed E-state index contributed by atoms with van der Waals surface area (Å²) in [6.45, 7) is 4.29. The monoisotopic (exact) mass is 392 g/mol. The molecule has 0 aliphatic carbocycles. The molecule has 0 saturated carbocycles. The molecule has 1 N–H and O–H groups in total. The van der Waals surface area contributed by atoms with Crippen molar-refractivity contribution in [2.45, 2.75) is 32.4 Å². The maximum absolute atomic E-state index is 12.4. The summed E-state index contributed by atoms with van der Waals surface area (Å²) in [7, 11) is 3.12. The summed E-state index contributed by atoms with van der Waals surface area (Å²) in [5.74, 6) is 1.06. The number of alkyl halides is 3. The van der Waals surface area contributed by atoms with E-state index in [1.807, 2.05) is 6.92 Å². The Bertz CT molecular complexity index is 519. The van der Waals surface area contributed by atoms with Gasteiger partial charge in [0, 0.05) is 26.7 Å². The van der Waals surface area contributed by atoms with Gasteiger partial charge in [0.1, 0.15) is 0 Å². The lowest BCUT2D eigenvalue weighted by Crippen LogP contribution is -2.42. The molecule has 0 bridgehead atoms. The highest BCUT2D eigenvalue weighted by Gasteiger charge is 2.37. The summed E-state index contributed by atoms with van der Waals surface area (Å²) in [5.41, 5.74) is 0. The maximum Gasteiger partial charge on any atom is 0.401 e. The SMILES string of the molecule is CN=C(NCCC1CCN(CC(F)(F)F)CC1)N1CC(C)C(C(=O)OC)C1. The van der Waals surface area contributed by atoms with Crippen molar-refractivity contribution in [2.75, 3.05) is 53.4 Å². The second-order valence-corrected chi connectivity index (χ2v) is 7.61. The second-order valence-electron chi connectivity index (χ2n) is 7.61. The van der Waals surface area contributed by atoms with Crippen LogP contribution >= 0.6 is 0 Å². The number of carbonyl (C=O) groups excluding carboxylic acids is 1. The molecule has 0 aromatic heterocycles. The van der Waals surface area contributed by atoms with E-state index in [2.05, 4.69) is 15.2 Å². The van der Waals surface area contributed by atoms with Crippen LogP contribution in [0.5, 0.6) is 0 Å². The molecular formula is C18H31F3N4O2. The van der Waals surface area contributed by atoms with E-state index < -0.39 is 12.7 Å². The van der Waals surface area contributed by atoms with Gasteiger partial charge in [-0.1, -0.05) is 6.92 Å². The second kappa shape index (κ2) is 9.61. The number of carbonyl (C=O) groups is 1. The number of nitrogens with zero attached hydrogens (tertiary/aromatic N) is 3. The quantitative estimate of drug-likeness (QED) is 0.440. The molecule has 2 unspecified atom stereocenters. The molecule has 0 aromatic rings. The van der Waals surface area contributed by atoms with Crippen LogP contribution in [0.15, 0.2) is 4.99 Å². The average molecular weight is 392 g/mol. The molecule has 2 heterocycles. The molecule has 0 aromatic carbocycles. The van der Waals surface area contributed by atoms with Gasteiger partial charge in [-0.05, 0) is 44.2 Å². The van der Waals surface area contributed by atoms with Crippen LogP contribution in [0.1, 0.15) is 26.2 Å². The molecule has 2 saturated heterocycles. The lowest BCUT2D eigenvalue weighted by atomic mass is 9.93. The predicted octanol–water partition coefficient (Wildman–Crippen LogP) is 1.97. The summed E-state index contributed by atoms with van der Waals surface area (Å²) >= 11 is 0. The molecular weight excluding hydrogens is 361 g/mol. The minimum absolute atomic E-state index is 0.147. The lowest BCUT2D eigenvalue weighted by Gasteiger charge is -2.32. The van der Waals surface area contributed by atoms with Gasteiger partial charge in [-0.15, -0.1) is 0 Å². The largest absolute Gasteiger partial charge is 0.469 e. The standard InChI is InChI=1S/C18H31F3N4O2/c1-13-10-25(11-15(13)16(26)27-3)17(22-2)23-7-4-14-5-8-24(9-6-14)12-18(19,20)21/h13-15H,4-12H2,1-3H3,(H,22,23). The number of aliphatic imine (C=N–C) groups is 1. The fourth-order valence-corrected chi connectivity index (χ4v) is 4.01. The minimum atomic E-state index is -4.12. The molecule has 0 radical (unpaired) electrons. The molecule has 2 fully saturated rings. The smallest absolute Gasteiger partial charge is 0.401 e.